The minimum atomic E-state index is 0.569. The fourth-order valence-electron chi connectivity index (χ4n) is 1.79. The van der Waals surface area contributed by atoms with Gasteiger partial charge < -0.3 is 15.4 Å². The minimum Gasteiger partial charge on any atom is -0.497 e. The van der Waals surface area contributed by atoms with Crippen LogP contribution in [-0.2, 0) is 6.42 Å². The number of hydrogen-bond donors (Lipinski definition) is 2. The molecule has 0 saturated heterocycles. The zero-order valence-electron chi connectivity index (χ0n) is 11.6. The van der Waals surface area contributed by atoms with Crippen molar-refractivity contribution in [3.63, 3.8) is 0 Å². The molecule has 2 aromatic carbocycles. The molecule has 0 aliphatic carbocycles. The van der Waals surface area contributed by atoms with E-state index < -0.39 is 0 Å². The molecule has 20 heavy (non-hydrogen) atoms. The molecule has 104 valence electrons. The molecule has 0 radical (unpaired) electrons. The quantitative estimate of drug-likeness (QED) is 0.830. The lowest BCUT2D eigenvalue weighted by Gasteiger charge is -2.11. The van der Waals surface area contributed by atoms with Crippen molar-refractivity contribution < 1.29 is 4.74 Å². The number of thiocarbonyl (C=S) groups is 1. The zero-order chi connectivity index (χ0) is 14.4. The van der Waals surface area contributed by atoms with Gasteiger partial charge in [0.25, 0.3) is 0 Å². The van der Waals surface area contributed by atoms with Crippen molar-refractivity contribution in [1.29, 1.82) is 0 Å². The van der Waals surface area contributed by atoms with Crippen LogP contribution in [-0.4, -0.2) is 12.2 Å². The van der Waals surface area contributed by atoms with Crippen LogP contribution in [0.5, 0.6) is 5.75 Å². The van der Waals surface area contributed by atoms with E-state index in [1.165, 1.54) is 5.56 Å². The van der Waals surface area contributed by atoms with Crippen molar-refractivity contribution in [2.24, 2.45) is 0 Å². The van der Waals surface area contributed by atoms with Crippen molar-refractivity contribution >= 4 is 28.7 Å². The van der Waals surface area contributed by atoms with Gasteiger partial charge in [-0.25, -0.2) is 0 Å². The Bertz CT molecular complexity index is 513. The first-order valence-corrected chi connectivity index (χ1v) is 6.93. The Morgan fingerprint density at radius 3 is 1.90 bits per heavy atom. The average molecular weight is 286 g/mol. The number of benzene rings is 2. The highest BCUT2D eigenvalue weighted by Crippen LogP contribution is 2.16. The zero-order valence-corrected chi connectivity index (χ0v) is 12.5. The molecule has 0 aromatic heterocycles. The van der Waals surface area contributed by atoms with E-state index in [1.54, 1.807) is 7.11 Å². The number of ether oxygens (including phenoxy) is 1. The lowest BCUT2D eigenvalue weighted by molar-refractivity contribution is 0.415. The summed E-state index contributed by atoms with van der Waals surface area (Å²) in [5.74, 6) is 0.824. The first-order chi connectivity index (χ1) is 9.71. The highest BCUT2D eigenvalue weighted by atomic mass is 32.1. The van der Waals surface area contributed by atoms with Gasteiger partial charge in [-0.1, -0.05) is 19.1 Å². The smallest absolute Gasteiger partial charge is 0.175 e. The highest BCUT2D eigenvalue weighted by Gasteiger charge is 1.99. The number of anilines is 2. The standard InChI is InChI=1S/C16H18N2OS/c1-3-12-4-6-13(7-5-12)17-16(20)18-14-8-10-15(19-2)11-9-14/h4-11H,3H2,1-2H3,(H2,17,18,20). The molecule has 0 heterocycles. The summed E-state index contributed by atoms with van der Waals surface area (Å²) in [5.41, 5.74) is 3.21. The summed E-state index contributed by atoms with van der Waals surface area (Å²) in [6.07, 6.45) is 1.04. The monoisotopic (exact) mass is 286 g/mol. The van der Waals surface area contributed by atoms with Gasteiger partial charge in [-0.15, -0.1) is 0 Å². The van der Waals surface area contributed by atoms with Crippen LogP contribution in [0.2, 0.25) is 0 Å². The molecule has 0 aliphatic rings. The Hall–Kier alpha value is -2.07. The molecular formula is C16H18N2OS. The van der Waals surface area contributed by atoms with E-state index >= 15 is 0 Å². The lowest BCUT2D eigenvalue weighted by atomic mass is 10.1. The third kappa shape index (κ3) is 3.96. The SMILES string of the molecule is CCc1ccc(NC(=S)Nc2ccc(OC)cc2)cc1. The average Bonchev–Trinajstić information content (AvgIpc) is 2.49. The second-order valence-electron chi connectivity index (χ2n) is 4.36. The van der Waals surface area contributed by atoms with E-state index in [9.17, 15) is 0 Å². The first-order valence-electron chi connectivity index (χ1n) is 6.52. The molecule has 2 N–H and O–H groups in total. The lowest BCUT2D eigenvalue weighted by Crippen LogP contribution is -2.18. The van der Waals surface area contributed by atoms with E-state index in [1.807, 2.05) is 36.4 Å². The maximum absolute atomic E-state index is 5.29. The second kappa shape index (κ2) is 6.91. The van der Waals surface area contributed by atoms with Crippen molar-refractivity contribution in [3.05, 3.63) is 54.1 Å². The maximum Gasteiger partial charge on any atom is 0.175 e. The molecular weight excluding hydrogens is 268 g/mol. The maximum atomic E-state index is 5.29. The molecule has 0 atom stereocenters. The van der Waals surface area contributed by atoms with Gasteiger partial charge in [0.05, 0.1) is 7.11 Å². The Kier molecular flexibility index (Phi) is 4.96. The van der Waals surface area contributed by atoms with Crippen molar-refractivity contribution in [2.45, 2.75) is 13.3 Å². The Morgan fingerprint density at radius 1 is 0.950 bits per heavy atom. The van der Waals surface area contributed by atoms with Crippen LogP contribution in [0.25, 0.3) is 0 Å². The second-order valence-corrected chi connectivity index (χ2v) is 4.77. The largest absolute Gasteiger partial charge is 0.497 e. The third-order valence-corrected chi connectivity index (χ3v) is 3.17. The molecule has 0 fully saturated rings. The molecule has 0 amide bonds. The fourth-order valence-corrected chi connectivity index (χ4v) is 2.03. The predicted molar refractivity (Wildman–Crippen MR) is 88.7 cm³/mol. The Labute approximate surface area is 125 Å². The summed E-state index contributed by atoms with van der Waals surface area (Å²) < 4.78 is 5.12. The van der Waals surface area contributed by atoms with E-state index in [0.29, 0.717) is 5.11 Å². The Balaban J connectivity index is 1.93. The Morgan fingerprint density at radius 2 is 1.45 bits per heavy atom. The van der Waals surface area contributed by atoms with Crippen LogP contribution in [0.15, 0.2) is 48.5 Å². The predicted octanol–water partition coefficient (Wildman–Crippen LogP) is 4.07. The molecule has 3 nitrogen and oxygen atoms in total. The molecule has 0 unspecified atom stereocenters. The van der Waals surface area contributed by atoms with Gasteiger partial charge in [0, 0.05) is 11.4 Å². The molecule has 0 saturated carbocycles. The van der Waals surface area contributed by atoms with Gasteiger partial charge in [-0.3, -0.25) is 0 Å². The van der Waals surface area contributed by atoms with Crippen molar-refractivity contribution in [2.75, 3.05) is 17.7 Å². The third-order valence-electron chi connectivity index (χ3n) is 2.97. The summed E-state index contributed by atoms with van der Waals surface area (Å²) >= 11 is 5.29. The highest BCUT2D eigenvalue weighted by molar-refractivity contribution is 7.80. The van der Waals surface area contributed by atoms with Crippen molar-refractivity contribution in [1.82, 2.24) is 0 Å². The topological polar surface area (TPSA) is 33.3 Å². The van der Waals surface area contributed by atoms with Crippen molar-refractivity contribution in [3.8, 4) is 5.75 Å². The number of hydrogen-bond acceptors (Lipinski definition) is 2. The fraction of sp³-hybridized carbons (Fsp3) is 0.188. The number of methoxy groups -OCH3 is 1. The molecule has 0 spiro atoms. The van der Waals surface area contributed by atoms with E-state index in [-0.39, 0.29) is 0 Å². The van der Waals surface area contributed by atoms with Gasteiger partial charge in [0.1, 0.15) is 5.75 Å². The summed E-state index contributed by atoms with van der Waals surface area (Å²) in [4.78, 5) is 0. The molecule has 2 aromatic rings. The number of rotatable bonds is 4. The summed E-state index contributed by atoms with van der Waals surface area (Å²) in [7, 11) is 1.65. The van der Waals surface area contributed by atoms with E-state index in [2.05, 4.69) is 29.7 Å². The molecule has 0 aliphatic heterocycles. The molecule has 0 bridgehead atoms. The minimum absolute atomic E-state index is 0.569. The van der Waals surface area contributed by atoms with Gasteiger partial charge in [0.2, 0.25) is 0 Å². The van der Waals surface area contributed by atoms with Gasteiger partial charge in [-0.2, -0.15) is 0 Å². The van der Waals surface area contributed by atoms with E-state index in [0.717, 1.165) is 23.5 Å². The van der Waals surface area contributed by atoms with Crippen LogP contribution >= 0.6 is 12.2 Å². The van der Waals surface area contributed by atoms with Gasteiger partial charge in [-0.05, 0) is 60.6 Å². The van der Waals surface area contributed by atoms with Crippen LogP contribution in [0.4, 0.5) is 11.4 Å². The van der Waals surface area contributed by atoms with Crippen LogP contribution in [0.1, 0.15) is 12.5 Å². The molecule has 4 heteroatoms. The first kappa shape index (κ1) is 14.3. The van der Waals surface area contributed by atoms with Crippen LogP contribution in [0.3, 0.4) is 0 Å². The van der Waals surface area contributed by atoms with Crippen LogP contribution in [0, 0.1) is 0 Å². The summed E-state index contributed by atoms with van der Waals surface area (Å²) in [6.45, 7) is 2.14. The van der Waals surface area contributed by atoms with Gasteiger partial charge in [0.15, 0.2) is 5.11 Å². The number of aryl methyl sites for hydroxylation is 1. The van der Waals surface area contributed by atoms with E-state index in [4.69, 9.17) is 17.0 Å². The van der Waals surface area contributed by atoms with Gasteiger partial charge >= 0.3 is 0 Å². The molecule has 2 rings (SSSR count). The van der Waals surface area contributed by atoms with Crippen LogP contribution < -0.4 is 15.4 Å². The summed E-state index contributed by atoms with van der Waals surface area (Å²) in [6, 6.07) is 15.9. The normalized spacial score (nSPS) is 9.90. The number of nitrogens with one attached hydrogen (secondary N) is 2. The summed E-state index contributed by atoms with van der Waals surface area (Å²) in [5, 5.41) is 6.86.